The van der Waals surface area contributed by atoms with Crippen molar-refractivity contribution in [1.82, 2.24) is 4.90 Å². The normalized spacial score (nSPS) is 15.3. The molecule has 2 aromatic rings. The van der Waals surface area contributed by atoms with Crippen molar-refractivity contribution in [2.24, 2.45) is 5.73 Å². The number of likely N-dealkylation sites (tertiary alicyclic amines) is 1. The number of piperidine rings is 1. The number of carbonyl (C=O) groups excluding carboxylic acids is 1. The van der Waals surface area contributed by atoms with Gasteiger partial charge in [-0.2, -0.15) is 0 Å². The number of nitrogens with zero attached hydrogens (tertiary/aromatic N) is 1. The Bertz CT molecular complexity index is 681. The van der Waals surface area contributed by atoms with Crippen molar-refractivity contribution in [3.63, 3.8) is 0 Å². The van der Waals surface area contributed by atoms with Crippen molar-refractivity contribution in [2.75, 3.05) is 26.2 Å². The fourth-order valence-corrected chi connectivity index (χ4v) is 3.92. The van der Waals surface area contributed by atoms with Gasteiger partial charge in [-0.25, -0.2) is 0 Å². The molecule has 1 aromatic heterocycles. The van der Waals surface area contributed by atoms with Crippen molar-refractivity contribution < 1.29 is 13.9 Å². The zero-order valence-electron chi connectivity index (χ0n) is 14.9. The molecule has 1 saturated heterocycles. The Hall–Kier alpha value is -1.76. The lowest BCUT2D eigenvalue weighted by Crippen LogP contribution is -2.41. The number of carbonyl (C=O) groups is 1. The molecule has 0 bridgehead atoms. The van der Waals surface area contributed by atoms with E-state index in [1.807, 2.05) is 29.2 Å². The van der Waals surface area contributed by atoms with Gasteiger partial charge in [0.2, 0.25) is 0 Å². The molecule has 1 aliphatic rings. The SMILES string of the molecule is NCCCOC1CCN(C(=O)c2occc2CSc2ccccc2)CC1. The van der Waals surface area contributed by atoms with Gasteiger partial charge in [0.25, 0.3) is 5.91 Å². The van der Waals surface area contributed by atoms with Gasteiger partial charge in [-0.1, -0.05) is 18.2 Å². The topological polar surface area (TPSA) is 68.7 Å². The maximum absolute atomic E-state index is 12.8. The summed E-state index contributed by atoms with van der Waals surface area (Å²) in [6.45, 7) is 2.77. The van der Waals surface area contributed by atoms with Crippen LogP contribution in [-0.4, -0.2) is 43.2 Å². The van der Waals surface area contributed by atoms with Gasteiger partial charge in [0.1, 0.15) is 0 Å². The molecule has 0 unspecified atom stereocenters. The van der Waals surface area contributed by atoms with Gasteiger partial charge < -0.3 is 19.8 Å². The van der Waals surface area contributed by atoms with Crippen LogP contribution >= 0.6 is 11.8 Å². The van der Waals surface area contributed by atoms with E-state index in [4.69, 9.17) is 14.9 Å². The van der Waals surface area contributed by atoms with E-state index in [0.717, 1.165) is 30.6 Å². The van der Waals surface area contributed by atoms with Gasteiger partial charge in [0, 0.05) is 35.9 Å². The molecule has 1 aromatic carbocycles. The molecule has 0 atom stereocenters. The second-order valence-corrected chi connectivity index (χ2v) is 7.43. The predicted octanol–water partition coefficient (Wildman–Crippen LogP) is 3.54. The number of rotatable bonds is 8. The Morgan fingerprint density at radius 3 is 2.73 bits per heavy atom. The first-order valence-corrected chi connectivity index (χ1v) is 10.1. The van der Waals surface area contributed by atoms with Crippen LogP contribution in [-0.2, 0) is 10.5 Å². The smallest absolute Gasteiger partial charge is 0.289 e. The number of furan rings is 1. The third-order valence-electron chi connectivity index (χ3n) is 4.51. The van der Waals surface area contributed by atoms with E-state index >= 15 is 0 Å². The second kappa shape index (κ2) is 9.80. The highest BCUT2D eigenvalue weighted by Crippen LogP contribution is 2.26. The maximum atomic E-state index is 12.8. The van der Waals surface area contributed by atoms with Gasteiger partial charge in [0.05, 0.1) is 12.4 Å². The van der Waals surface area contributed by atoms with E-state index in [-0.39, 0.29) is 12.0 Å². The van der Waals surface area contributed by atoms with Crippen molar-refractivity contribution in [2.45, 2.75) is 36.0 Å². The molecule has 2 heterocycles. The van der Waals surface area contributed by atoms with Crippen LogP contribution in [0.25, 0.3) is 0 Å². The largest absolute Gasteiger partial charge is 0.459 e. The molecule has 2 N–H and O–H groups in total. The van der Waals surface area contributed by atoms with Crippen LogP contribution in [0.1, 0.15) is 35.4 Å². The number of benzene rings is 1. The van der Waals surface area contributed by atoms with Crippen LogP contribution in [0.15, 0.2) is 52.0 Å². The van der Waals surface area contributed by atoms with Crippen LogP contribution in [0.2, 0.25) is 0 Å². The third-order valence-corrected chi connectivity index (χ3v) is 5.57. The first-order chi connectivity index (χ1) is 12.8. The Labute approximate surface area is 158 Å². The second-order valence-electron chi connectivity index (χ2n) is 6.38. The Balaban J connectivity index is 1.52. The summed E-state index contributed by atoms with van der Waals surface area (Å²) >= 11 is 1.71. The minimum absolute atomic E-state index is 0.0148. The minimum atomic E-state index is -0.0148. The lowest BCUT2D eigenvalue weighted by molar-refractivity contribution is 0.00762. The molecule has 5 nitrogen and oxygen atoms in total. The van der Waals surface area contributed by atoms with E-state index in [0.29, 0.717) is 32.0 Å². The zero-order chi connectivity index (χ0) is 18.2. The standard InChI is InChI=1S/C20H26N2O3S/c21-10-4-13-24-17-7-11-22(12-8-17)20(23)19-16(9-14-25-19)15-26-18-5-2-1-3-6-18/h1-3,5-6,9,14,17H,4,7-8,10-13,15,21H2. The van der Waals surface area contributed by atoms with E-state index in [2.05, 4.69) is 12.1 Å². The van der Waals surface area contributed by atoms with Crippen LogP contribution in [0.4, 0.5) is 0 Å². The Kier molecular flexibility index (Phi) is 7.17. The molecule has 0 spiro atoms. The third kappa shape index (κ3) is 5.13. The lowest BCUT2D eigenvalue weighted by atomic mass is 10.1. The molecular weight excluding hydrogens is 348 g/mol. The average molecular weight is 375 g/mol. The molecule has 0 saturated carbocycles. The lowest BCUT2D eigenvalue weighted by Gasteiger charge is -2.31. The predicted molar refractivity (Wildman–Crippen MR) is 103 cm³/mol. The summed E-state index contributed by atoms with van der Waals surface area (Å²) in [5.41, 5.74) is 6.44. The number of thioether (sulfide) groups is 1. The van der Waals surface area contributed by atoms with E-state index < -0.39 is 0 Å². The molecule has 3 rings (SSSR count). The first-order valence-electron chi connectivity index (χ1n) is 9.13. The van der Waals surface area contributed by atoms with Crippen LogP contribution in [0.3, 0.4) is 0 Å². The molecular formula is C20H26N2O3S. The molecule has 26 heavy (non-hydrogen) atoms. The summed E-state index contributed by atoms with van der Waals surface area (Å²) in [5.74, 6) is 1.18. The highest BCUT2D eigenvalue weighted by atomic mass is 32.2. The number of amides is 1. The summed E-state index contributed by atoms with van der Waals surface area (Å²) in [6, 6.07) is 12.1. The number of ether oxygens (including phenoxy) is 1. The van der Waals surface area contributed by atoms with Gasteiger partial charge in [-0.15, -0.1) is 11.8 Å². The van der Waals surface area contributed by atoms with E-state index in [1.165, 1.54) is 4.90 Å². The summed E-state index contributed by atoms with van der Waals surface area (Å²) < 4.78 is 11.3. The van der Waals surface area contributed by atoms with Gasteiger partial charge in [-0.05, 0) is 44.0 Å². The van der Waals surface area contributed by atoms with Gasteiger partial charge >= 0.3 is 0 Å². The molecule has 1 fully saturated rings. The highest BCUT2D eigenvalue weighted by Gasteiger charge is 2.27. The van der Waals surface area contributed by atoms with Crippen molar-refractivity contribution >= 4 is 17.7 Å². The summed E-state index contributed by atoms with van der Waals surface area (Å²) in [5, 5.41) is 0. The monoisotopic (exact) mass is 374 g/mol. The molecule has 6 heteroatoms. The van der Waals surface area contributed by atoms with E-state index in [1.54, 1.807) is 18.0 Å². The minimum Gasteiger partial charge on any atom is -0.459 e. The fourth-order valence-electron chi connectivity index (χ4n) is 3.02. The van der Waals surface area contributed by atoms with Crippen LogP contribution < -0.4 is 5.73 Å². The highest BCUT2D eigenvalue weighted by molar-refractivity contribution is 7.98. The number of hydrogen-bond donors (Lipinski definition) is 1. The number of hydrogen-bond acceptors (Lipinski definition) is 5. The molecule has 1 aliphatic heterocycles. The average Bonchev–Trinajstić information content (AvgIpc) is 3.16. The quantitative estimate of drug-likeness (QED) is 0.565. The van der Waals surface area contributed by atoms with Gasteiger partial charge in [0.15, 0.2) is 5.76 Å². The van der Waals surface area contributed by atoms with E-state index in [9.17, 15) is 4.79 Å². The Morgan fingerprint density at radius 1 is 1.23 bits per heavy atom. The van der Waals surface area contributed by atoms with Crippen molar-refractivity contribution in [3.8, 4) is 0 Å². The summed E-state index contributed by atoms with van der Waals surface area (Å²) in [6.07, 6.45) is 4.46. The fraction of sp³-hybridized carbons (Fsp3) is 0.450. The van der Waals surface area contributed by atoms with Crippen molar-refractivity contribution in [1.29, 1.82) is 0 Å². The molecule has 0 aliphatic carbocycles. The zero-order valence-corrected chi connectivity index (χ0v) is 15.7. The summed E-state index contributed by atoms with van der Waals surface area (Å²) in [7, 11) is 0. The molecule has 140 valence electrons. The maximum Gasteiger partial charge on any atom is 0.289 e. The number of nitrogens with two attached hydrogens (primary N) is 1. The van der Waals surface area contributed by atoms with Crippen molar-refractivity contribution in [3.05, 3.63) is 54.0 Å². The Morgan fingerprint density at radius 2 is 2.00 bits per heavy atom. The molecule has 0 radical (unpaired) electrons. The summed E-state index contributed by atoms with van der Waals surface area (Å²) in [4.78, 5) is 15.9. The first kappa shape index (κ1) is 19.0. The molecule has 1 amide bonds. The van der Waals surface area contributed by atoms with Crippen LogP contribution in [0, 0.1) is 0 Å². The van der Waals surface area contributed by atoms with Crippen LogP contribution in [0.5, 0.6) is 0 Å². The van der Waals surface area contributed by atoms with Gasteiger partial charge in [-0.3, -0.25) is 4.79 Å².